The number of methoxy groups -OCH3 is 1. The molecule has 0 radical (unpaired) electrons. The van der Waals surface area contributed by atoms with E-state index in [1.54, 1.807) is 7.11 Å². The van der Waals surface area contributed by atoms with Crippen LogP contribution in [0.1, 0.15) is 23.0 Å². The van der Waals surface area contributed by atoms with Crippen molar-refractivity contribution >= 4 is 43.5 Å². The molecule has 0 aliphatic rings. The number of benzene rings is 2. The zero-order valence-corrected chi connectivity index (χ0v) is 15.7. The van der Waals surface area contributed by atoms with Crippen molar-refractivity contribution in [1.82, 2.24) is 9.55 Å². The van der Waals surface area contributed by atoms with Crippen LogP contribution in [0.4, 0.5) is 5.13 Å². The van der Waals surface area contributed by atoms with Crippen molar-refractivity contribution in [2.45, 2.75) is 13.3 Å². The molecular formula is C20H19N3O2S. The highest BCUT2D eigenvalue weighted by molar-refractivity contribution is 7.22. The fraction of sp³-hybridized carbons (Fsp3) is 0.200. The van der Waals surface area contributed by atoms with Crippen LogP contribution in [-0.2, 0) is 13.5 Å². The molecule has 5 nitrogen and oxygen atoms in total. The molecule has 2 aromatic carbocycles. The summed E-state index contributed by atoms with van der Waals surface area (Å²) >= 11 is 1.49. The Morgan fingerprint density at radius 2 is 2.12 bits per heavy atom. The summed E-state index contributed by atoms with van der Waals surface area (Å²) in [5.74, 6) is 0.574. The molecule has 0 bridgehead atoms. The second kappa shape index (κ2) is 6.46. The summed E-state index contributed by atoms with van der Waals surface area (Å²) in [6.07, 6.45) is 0.979. The van der Waals surface area contributed by atoms with Crippen LogP contribution in [-0.4, -0.2) is 22.6 Å². The quantitative estimate of drug-likeness (QED) is 0.574. The molecule has 0 atom stereocenters. The number of carbonyl (C=O) groups is 1. The number of fused-ring (bicyclic) bond motifs is 2. The lowest BCUT2D eigenvalue weighted by Gasteiger charge is -2.04. The summed E-state index contributed by atoms with van der Waals surface area (Å²) in [6, 6.07) is 13.8. The zero-order chi connectivity index (χ0) is 18.3. The second-order valence-electron chi connectivity index (χ2n) is 6.11. The molecule has 1 amide bonds. The lowest BCUT2D eigenvalue weighted by Crippen LogP contribution is -2.15. The van der Waals surface area contributed by atoms with Gasteiger partial charge < -0.3 is 9.30 Å². The van der Waals surface area contributed by atoms with Gasteiger partial charge >= 0.3 is 0 Å². The Morgan fingerprint density at radius 3 is 2.88 bits per heavy atom. The summed E-state index contributed by atoms with van der Waals surface area (Å²) in [6.45, 7) is 2.12. The first kappa shape index (κ1) is 16.6. The Bertz CT molecular complexity index is 1130. The van der Waals surface area contributed by atoms with Gasteiger partial charge in [-0.2, -0.15) is 0 Å². The number of anilines is 1. The summed E-state index contributed by atoms with van der Waals surface area (Å²) < 4.78 is 8.35. The number of nitrogens with one attached hydrogen (secondary N) is 1. The highest BCUT2D eigenvalue weighted by Gasteiger charge is 2.17. The van der Waals surface area contributed by atoms with E-state index in [4.69, 9.17) is 4.74 Å². The van der Waals surface area contributed by atoms with Gasteiger partial charge in [-0.1, -0.05) is 30.4 Å². The van der Waals surface area contributed by atoms with Crippen LogP contribution in [0, 0.1) is 0 Å². The normalized spacial score (nSPS) is 11.2. The minimum Gasteiger partial charge on any atom is -0.496 e. The molecular weight excluding hydrogens is 346 g/mol. The van der Waals surface area contributed by atoms with Crippen LogP contribution in [0.3, 0.4) is 0 Å². The number of hydrogen-bond donors (Lipinski definition) is 1. The third-order valence-electron chi connectivity index (χ3n) is 4.58. The third-order valence-corrected chi connectivity index (χ3v) is 5.51. The van der Waals surface area contributed by atoms with Crippen molar-refractivity contribution in [1.29, 1.82) is 0 Å². The molecule has 0 aliphatic carbocycles. The molecule has 1 N–H and O–H groups in total. The minimum atomic E-state index is -0.180. The number of rotatable bonds is 4. The SMILES string of the molecule is CCc1ccc2nc(NC(=O)c3cc4c(OC)cccc4n3C)sc2c1. The van der Waals surface area contributed by atoms with Crippen LogP contribution in [0.15, 0.2) is 42.5 Å². The molecule has 26 heavy (non-hydrogen) atoms. The van der Waals surface area contributed by atoms with E-state index in [1.807, 2.05) is 41.9 Å². The first-order valence-corrected chi connectivity index (χ1v) is 9.25. The Hall–Kier alpha value is -2.86. The van der Waals surface area contributed by atoms with Crippen molar-refractivity contribution < 1.29 is 9.53 Å². The van der Waals surface area contributed by atoms with Gasteiger partial charge in [0.25, 0.3) is 5.91 Å². The Balaban J connectivity index is 1.68. The number of hydrogen-bond acceptors (Lipinski definition) is 4. The predicted molar refractivity (Wildman–Crippen MR) is 106 cm³/mol. The monoisotopic (exact) mass is 365 g/mol. The van der Waals surface area contributed by atoms with Gasteiger partial charge in [-0.25, -0.2) is 4.98 Å². The summed E-state index contributed by atoms with van der Waals surface area (Å²) in [5, 5.41) is 4.45. The fourth-order valence-electron chi connectivity index (χ4n) is 3.13. The van der Waals surface area contributed by atoms with Gasteiger partial charge in [-0.15, -0.1) is 0 Å². The molecule has 132 valence electrons. The number of aryl methyl sites for hydroxylation is 2. The summed E-state index contributed by atoms with van der Waals surface area (Å²) in [7, 11) is 3.51. The molecule has 0 saturated heterocycles. The van der Waals surface area contributed by atoms with Gasteiger partial charge in [0.05, 0.1) is 22.8 Å². The van der Waals surface area contributed by atoms with Crippen LogP contribution in [0.5, 0.6) is 5.75 Å². The van der Waals surface area contributed by atoms with E-state index in [0.29, 0.717) is 10.8 Å². The lowest BCUT2D eigenvalue weighted by atomic mass is 10.2. The Labute approximate surface area is 155 Å². The maximum atomic E-state index is 12.8. The van der Waals surface area contributed by atoms with E-state index in [9.17, 15) is 4.79 Å². The van der Waals surface area contributed by atoms with Crippen LogP contribution in [0.2, 0.25) is 0 Å². The maximum absolute atomic E-state index is 12.8. The van der Waals surface area contributed by atoms with Gasteiger partial charge in [-0.3, -0.25) is 10.1 Å². The van der Waals surface area contributed by atoms with Crippen LogP contribution >= 0.6 is 11.3 Å². The highest BCUT2D eigenvalue weighted by Crippen LogP contribution is 2.30. The number of amides is 1. The van der Waals surface area contributed by atoms with Crippen molar-refractivity contribution in [2.24, 2.45) is 7.05 Å². The molecule has 2 heterocycles. The molecule has 4 rings (SSSR count). The highest BCUT2D eigenvalue weighted by atomic mass is 32.1. The molecule has 0 fully saturated rings. The van der Waals surface area contributed by atoms with Crippen molar-refractivity contribution in [2.75, 3.05) is 12.4 Å². The standard InChI is InChI=1S/C20H19N3O2S/c1-4-12-8-9-14-18(10-12)26-20(21-14)22-19(24)16-11-13-15(23(16)2)6-5-7-17(13)25-3/h5-11H,4H2,1-3H3,(H,21,22,24). The first-order chi connectivity index (χ1) is 12.6. The van der Waals surface area contributed by atoms with Crippen molar-refractivity contribution in [3.63, 3.8) is 0 Å². The predicted octanol–water partition coefficient (Wildman–Crippen LogP) is 4.61. The van der Waals surface area contributed by atoms with E-state index in [1.165, 1.54) is 16.9 Å². The van der Waals surface area contributed by atoms with Gasteiger partial charge in [0, 0.05) is 12.4 Å². The smallest absolute Gasteiger partial charge is 0.274 e. The van der Waals surface area contributed by atoms with Gasteiger partial charge in [-0.05, 0) is 42.3 Å². The molecule has 0 spiro atoms. The third kappa shape index (κ3) is 2.72. The van der Waals surface area contributed by atoms with Gasteiger partial charge in [0.1, 0.15) is 11.4 Å². The molecule has 0 aliphatic heterocycles. The maximum Gasteiger partial charge on any atom is 0.274 e. The topological polar surface area (TPSA) is 56.1 Å². The number of ether oxygens (including phenoxy) is 1. The van der Waals surface area contributed by atoms with Crippen molar-refractivity contribution in [3.05, 3.63) is 53.7 Å². The molecule has 4 aromatic rings. The first-order valence-electron chi connectivity index (χ1n) is 8.44. The minimum absolute atomic E-state index is 0.180. The largest absolute Gasteiger partial charge is 0.496 e. The van der Waals surface area contributed by atoms with Crippen LogP contribution < -0.4 is 10.1 Å². The molecule has 2 aromatic heterocycles. The van der Waals surface area contributed by atoms with Gasteiger partial charge in [0.2, 0.25) is 0 Å². The van der Waals surface area contributed by atoms with Gasteiger partial charge in [0.15, 0.2) is 5.13 Å². The summed E-state index contributed by atoms with van der Waals surface area (Å²) in [5.41, 5.74) is 3.69. The van der Waals surface area contributed by atoms with E-state index in [2.05, 4.69) is 29.4 Å². The Morgan fingerprint density at radius 1 is 1.27 bits per heavy atom. The second-order valence-corrected chi connectivity index (χ2v) is 7.14. The average molecular weight is 365 g/mol. The average Bonchev–Trinajstić information content (AvgIpc) is 3.21. The number of thiazole rings is 1. The molecule has 0 saturated carbocycles. The van der Waals surface area contributed by atoms with Crippen molar-refractivity contribution in [3.8, 4) is 5.75 Å². The number of carbonyl (C=O) groups excluding carboxylic acids is 1. The van der Waals surface area contributed by atoms with E-state index >= 15 is 0 Å². The number of nitrogens with zero attached hydrogens (tertiary/aromatic N) is 2. The van der Waals surface area contributed by atoms with E-state index < -0.39 is 0 Å². The zero-order valence-electron chi connectivity index (χ0n) is 14.9. The fourth-order valence-corrected chi connectivity index (χ4v) is 4.06. The summed E-state index contributed by atoms with van der Waals surface area (Å²) in [4.78, 5) is 17.3. The van der Waals surface area contributed by atoms with E-state index in [0.717, 1.165) is 33.3 Å². The van der Waals surface area contributed by atoms with E-state index in [-0.39, 0.29) is 5.91 Å². The Kier molecular flexibility index (Phi) is 4.12. The molecule has 0 unspecified atom stereocenters. The number of aromatic nitrogens is 2. The molecule has 6 heteroatoms. The van der Waals surface area contributed by atoms with Crippen LogP contribution in [0.25, 0.3) is 21.1 Å². The lowest BCUT2D eigenvalue weighted by molar-refractivity contribution is 0.102.